The maximum Gasteiger partial charge on any atom is 0.141 e. The number of halogens is 3. The lowest BCUT2D eigenvalue weighted by molar-refractivity contribution is 0.507. The van der Waals surface area contributed by atoms with E-state index in [1.807, 2.05) is 0 Å². The molecule has 1 unspecified atom stereocenters. The van der Waals surface area contributed by atoms with E-state index in [0.717, 1.165) is 5.56 Å². The molecule has 20 heavy (non-hydrogen) atoms. The zero-order chi connectivity index (χ0) is 14.7. The fraction of sp³-hybridized carbons (Fsp3) is 0.200. The first-order chi connectivity index (χ1) is 9.52. The number of hydrazine groups is 1. The molecule has 2 rings (SSSR count). The second-order valence-electron chi connectivity index (χ2n) is 4.65. The lowest BCUT2D eigenvalue weighted by atomic mass is 9.97. The highest BCUT2D eigenvalue weighted by Crippen LogP contribution is 2.24. The Balaban J connectivity index is 2.28. The van der Waals surface area contributed by atoms with Crippen molar-refractivity contribution in [2.24, 2.45) is 5.84 Å². The van der Waals surface area contributed by atoms with Crippen molar-refractivity contribution < 1.29 is 8.78 Å². The van der Waals surface area contributed by atoms with Gasteiger partial charge in [-0.25, -0.2) is 8.78 Å². The van der Waals surface area contributed by atoms with E-state index in [1.165, 1.54) is 12.1 Å². The van der Waals surface area contributed by atoms with Crippen LogP contribution in [0.2, 0.25) is 5.02 Å². The second-order valence-corrected chi connectivity index (χ2v) is 5.06. The van der Waals surface area contributed by atoms with Crippen LogP contribution in [0.15, 0.2) is 36.4 Å². The van der Waals surface area contributed by atoms with Gasteiger partial charge in [-0.05, 0) is 36.6 Å². The van der Waals surface area contributed by atoms with E-state index in [2.05, 4.69) is 5.43 Å². The number of aryl methyl sites for hydroxylation is 1. The van der Waals surface area contributed by atoms with E-state index in [4.69, 9.17) is 17.4 Å². The molecule has 0 aliphatic heterocycles. The summed E-state index contributed by atoms with van der Waals surface area (Å²) in [7, 11) is 0. The van der Waals surface area contributed by atoms with Crippen LogP contribution in [-0.4, -0.2) is 0 Å². The molecule has 5 heteroatoms. The Labute approximate surface area is 121 Å². The van der Waals surface area contributed by atoms with Gasteiger partial charge in [-0.2, -0.15) is 0 Å². The van der Waals surface area contributed by atoms with Gasteiger partial charge in [-0.15, -0.1) is 0 Å². The summed E-state index contributed by atoms with van der Waals surface area (Å²) in [4.78, 5) is 0. The van der Waals surface area contributed by atoms with Crippen molar-refractivity contribution in [1.82, 2.24) is 5.43 Å². The summed E-state index contributed by atoms with van der Waals surface area (Å²) < 4.78 is 27.2. The highest BCUT2D eigenvalue weighted by Gasteiger charge is 2.16. The minimum absolute atomic E-state index is 0.0444. The summed E-state index contributed by atoms with van der Waals surface area (Å²) in [6, 6.07) is 9.16. The molecular formula is C15H15ClF2N2. The second kappa shape index (κ2) is 6.31. The fourth-order valence-corrected chi connectivity index (χ4v) is 2.30. The van der Waals surface area contributed by atoms with Gasteiger partial charge in [0.05, 0.1) is 11.1 Å². The van der Waals surface area contributed by atoms with E-state index >= 15 is 0 Å². The van der Waals surface area contributed by atoms with Crippen LogP contribution < -0.4 is 11.3 Å². The maximum absolute atomic E-state index is 14.1. The Kier molecular flexibility index (Phi) is 4.70. The lowest BCUT2D eigenvalue weighted by Crippen LogP contribution is -2.30. The Morgan fingerprint density at radius 2 is 2.00 bits per heavy atom. The summed E-state index contributed by atoms with van der Waals surface area (Å²) in [6.45, 7) is 1.70. The zero-order valence-electron chi connectivity index (χ0n) is 11.0. The molecule has 0 aliphatic rings. The van der Waals surface area contributed by atoms with Gasteiger partial charge >= 0.3 is 0 Å². The molecule has 0 fully saturated rings. The molecule has 2 nitrogen and oxygen atoms in total. The van der Waals surface area contributed by atoms with Crippen LogP contribution in [-0.2, 0) is 6.42 Å². The van der Waals surface area contributed by atoms with Gasteiger partial charge < -0.3 is 0 Å². The minimum atomic E-state index is -0.477. The van der Waals surface area contributed by atoms with Crippen LogP contribution in [0.4, 0.5) is 8.78 Å². The molecule has 0 radical (unpaired) electrons. The van der Waals surface area contributed by atoms with Gasteiger partial charge in [0.2, 0.25) is 0 Å². The van der Waals surface area contributed by atoms with Gasteiger partial charge in [0, 0.05) is 5.56 Å². The normalized spacial score (nSPS) is 12.4. The number of nitrogens with two attached hydrogens (primary N) is 1. The topological polar surface area (TPSA) is 38.0 Å². The molecule has 0 aliphatic carbocycles. The largest absolute Gasteiger partial charge is 0.271 e. The molecule has 0 amide bonds. The predicted molar refractivity (Wildman–Crippen MR) is 76.3 cm³/mol. The van der Waals surface area contributed by atoms with Crippen LogP contribution >= 0.6 is 11.6 Å². The quantitative estimate of drug-likeness (QED) is 0.667. The first-order valence-corrected chi connectivity index (χ1v) is 6.55. The van der Waals surface area contributed by atoms with Crippen molar-refractivity contribution in [1.29, 1.82) is 0 Å². The fourth-order valence-electron chi connectivity index (χ4n) is 2.10. The molecule has 0 heterocycles. The Morgan fingerprint density at radius 1 is 1.25 bits per heavy atom. The number of nitrogens with one attached hydrogen (secondary N) is 1. The molecule has 3 N–H and O–H groups in total. The van der Waals surface area contributed by atoms with E-state index in [0.29, 0.717) is 17.5 Å². The number of hydrogen-bond acceptors (Lipinski definition) is 2. The first-order valence-electron chi connectivity index (χ1n) is 6.18. The van der Waals surface area contributed by atoms with Gasteiger partial charge in [0.1, 0.15) is 11.6 Å². The molecular weight excluding hydrogens is 282 g/mol. The molecule has 106 valence electrons. The first kappa shape index (κ1) is 14.9. The van der Waals surface area contributed by atoms with Crippen molar-refractivity contribution in [2.45, 2.75) is 19.4 Å². The van der Waals surface area contributed by atoms with Crippen molar-refractivity contribution in [3.63, 3.8) is 0 Å². The number of benzene rings is 2. The third-order valence-corrected chi connectivity index (χ3v) is 3.51. The lowest BCUT2D eigenvalue weighted by Gasteiger charge is -2.18. The summed E-state index contributed by atoms with van der Waals surface area (Å²) in [6.07, 6.45) is 0.414. The van der Waals surface area contributed by atoms with E-state index in [1.54, 1.807) is 31.2 Å². The van der Waals surface area contributed by atoms with E-state index in [9.17, 15) is 8.78 Å². The Morgan fingerprint density at radius 3 is 2.65 bits per heavy atom. The highest BCUT2D eigenvalue weighted by atomic mass is 35.5. The molecule has 0 bridgehead atoms. The molecule has 2 aromatic carbocycles. The number of hydrogen-bond donors (Lipinski definition) is 2. The van der Waals surface area contributed by atoms with E-state index in [-0.39, 0.29) is 10.8 Å². The molecule has 0 aromatic heterocycles. The molecule has 1 atom stereocenters. The molecule has 2 aromatic rings. The third-order valence-electron chi connectivity index (χ3n) is 3.22. The van der Waals surface area contributed by atoms with Gasteiger partial charge in [-0.3, -0.25) is 11.3 Å². The van der Waals surface area contributed by atoms with Crippen LogP contribution in [0.3, 0.4) is 0 Å². The number of rotatable bonds is 4. The molecule has 0 saturated carbocycles. The van der Waals surface area contributed by atoms with Crippen molar-refractivity contribution in [3.05, 3.63) is 69.7 Å². The van der Waals surface area contributed by atoms with E-state index < -0.39 is 11.9 Å². The molecule has 0 spiro atoms. The Hall–Kier alpha value is -1.49. The average Bonchev–Trinajstić information content (AvgIpc) is 2.43. The van der Waals surface area contributed by atoms with Crippen molar-refractivity contribution >= 4 is 11.6 Å². The van der Waals surface area contributed by atoms with Crippen molar-refractivity contribution in [2.75, 3.05) is 0 Å². The van der Waals surface area contributed by atoms with Gasteiger partial charge in [0.15, 0.2) is 0 Å². The Bertz CT molecular complexity index is 617. The maximum atomic E-state index is 14.1. The highest BCUT2D eigenvalue weighted by molar-refractivity contribution is 6.30. The average molecular weight is 297 g/mol. The predicted octanol–water partition coefficient (Wildman–Crippen LogP) is 3.67. The van der Waals surface area contributed by atoms with Crippen LogP contribution in [0.1, 0.15) is 22.7 Å². The summed E-state index contributed by atoms with van der Waals surface area (Å²) >= 11 is 5.74. The summed E-state index contributed by atoms with van der Waals surface area (Å²) in [5.74, 6) is 4.75. The van der Waals surface area contributed by atoms with Gasteiger partial charge in [0.25, 0.3) is 0 Å². The third kappa shape index (κ3) is 3.15. The van der Waals surface area contributed by atoms with Crippen molar-refractivity contribution in [3.8, 4) is 0 Å². The SMILES string of the molecule is Cc1cccc(C(Cc2ccc(F)c(Cl)c2)NN)c1F. The van der Waals surface area contributed by atoms with Crippen LogP contribution in [0.25, 0.3) is 0 Å². The monoisotopic (exact) mass is 296 g/mol. The zero-order valence-corrected chi connectivity index (χ0v) is 11.7. The van der Waals surface area contributed by atoms with Crippen LogP contribution in [0.5, 0.6) is 0 Å². The summed E-state index contributed by atoms with van der Waals surface area (Å²) in [5.41, 5.74) is 4.41. The molecule has 0 saturated heterocycles. The standard InChI is InChI=1S/C15H15ClF2N2/c1-9-3-2-4-11(15(9)18)14(20-19)8-10-5-6-13(17)12(16)7-10/h2-7,14,20H,8,19H2,1H3. The smallest absolute Gasteiger partial charge is 0.141 e. The van der Waals surface area contributed by atoms with Crippen LogP contribution in [0, 0.1) is 18.6 Å². The van der Waals surface area contributed by atoms with Gasteiger partial charge in [-0.1, -0.05) is 35.9 Å². The minimum Gasteiger partial charge on any atom is -0.271 e. The summed E-state index contributed by atoms with van der Waals surface area (Å²) in [5, 5.41) is 0.0444.